The highest BCUT2D eigenvalue weighted by Gasteiger charge is 2.30. The summed E-state index contributed by atoms with van der Waals surface area (Å²) in [6.45, 7) is 2.85. The van der Waals surface area contributed by atoms with Crippen LogP contribution in [0.3, 0.4) is 0 Å². The molecule has 0 saturated carbocycles. The van der Waals surface area contributed by atoms with Crippen LogP contribution in [0.1, 0.15) is 17.2 Å². The molecule has 1 aliphatic heterocycles. The second kappa shape index (κ2) is 9.72. The fourth-order valence-electron chi connectivity index (χ4n) is 3.57. The number of anilines is 1. The first-order valence-corrected chi connectivity index (χ1v) is 10.2. The van der Waals surface area contributed by atoms with E-state index in [9.17, 15) is 9.18 Å². The Morgan fingerprint density at radius 1 is 1.23 bits per heavy atom. The zero-order chi connectivity index (χ0) is 21.6. The minimum Gasteiger partial charge on any atom is -0.489 e. The summed E-state index contributed by atoms with van der Waals surface area (Å²) in [5.41, 5.74) is 2.34. The number of amides is 1. The zero-order valence-electron chi connectivity index (χ0n) is 17.3. The molecular weight excluding hydrogens is 399 g/mol. The van der Waals surface area contributed by atoms with Crippen LogP contribution in [0.15, 0.2) is 60.9 Å². The lowest BCUT2D eigenvalue weighted by atomic mass is 10.1. The van der Waals surface area contributed by atoms with Gasteiger partial charge in [-0.05, 0) is 29.8 Å². The highest BCUT2D eigenvalue weighted by molar-refractivity contribution is 5.95. The number of benzene rings is 2. The van der Waals surface area contributed by atoms with Crippen molar-refractivity contribution in [2.24, 2.45) is 7.05 Å². The van der Waals surface area contributed by atoms with Gasteiger partial charge in [-0.1, -0.05) is 18.2 Å². The Hall–Kier alpha value is -3.23. The molecule has 1 aliphatic rings. The van der Waals surface area contributed by atoms with Crippen LogP contribution in [-0.2, 0) is 23.2 Å². The van der Waals surface area contributed by atoms with Gasteiger partial charge in [0, 0.05) is 43.7 Å². The monoisotopic (exact) mass is 424 g/mol. The van der Waals surface area contributed by atoms with Gasteiger partial charge in [0.2, 0.25) is 5.91 Å². The Labute approximate surface area is 180 Å². The van der Waals surface area contributed by atoms with E-state index < -0.39 is 6.04 Å². The molecule has 162 valence electrons. The molecule has 4 rings (SSSR count). The molecule has 2 heterocycles. The molecule has 1 unspecified atom stereocenters. The molecule has 0 spiro atoms. The predicted octanol–water partition coefficient (Wildman–Crippen LogP) is 3.15. The molecule has 7 nitrogen and oxygen atoms in total. The van der Waals surface area contributed by atoms with Gasteiger partial charge in [-0.3, -0.25) is 14.4 Å². The van der Waals surface area contributed by atoms with Crippen molar-refractivity contribution >= 4 is 11.6 Å². The third-order valence-corrected chi connectivity index (χ3v) is 5.12. The van der Waals surface area contributed by atoms with Crippen molar-refractivity contribution in [1.29, 1.82) is 0 Å². The van der Waals surface area contributed by atoms with E-state index in [1.165, 1.54) is 12.1 Å². The van der Waals surface area contributed by atoms with Crippen LogP contribution >= 0.6 is 0 Å². The van der Waals surface area contributed by atoms with Crippen LogP contribution in [-0.4, -0.2) is 46.9 Å². The number of hydrogen-bond donors (Lipinski definition) is 1. The van der Waals surface area contributed by atoms with Crippen LogP contribution in [0.5, 0.6) is 5.75 Å². The van der Waals surface area contributed by atoms with Gasteiger partial charge < -0.3 is 14.8 Å². The molecule has 0 radical (unpaired) electrons. The first kappa shape index (κ1) is 21.0. The van der Waals surface area contributed by atoms with Gasteiger partial charge in [0.25, 0.3) is 0 Å². The maximum atomic E-state index is 13.2. The number of carbonyl (C=O) groups is 1. The Morgan fingerprint density at radius 3 is 2.71 bits per heavy atom. The number of nitrogens with one attached hydrogen (secondary N) is 1. The number of ether oxygens (including phenoxy) is 2. The lowest BCUT2D eigenvalue weighted by Gasteiger charge is -2.33. The van der Waals surface area contributed by atoms with Gasteiger partial charge in [-0.25, -0.2) is 4.39 Å². The first-order valence-electron chi connectivity index (χ1n) is 10.2. The van der Waals surface area contributed by atoms with Crippen LogP contribution in [0.25, 0.3) is 0 Å². The van der Waals surface area contributed by atoms with Crippen molar-refractivity contribution in [3.05, 3.63) is 77.9 Å². The van der Waals surface area contributed by atoms with Crippen LogP contribution < -0.4 is 10.1 Å². The van der Waals surface area contributed by atoms with E-state index in [4.69, 9.17) is 9.47 Å². The molecule has 31 heavy (non-hydrogen) atoms. The summed E-state index contributed by atoms with van der Waals surface area (Å²) in [6, 6.07) is 13.0. The zero-order valence-corrected chi connectivity index (χ0v) is 17.3. The van der Waals surface area contributed by atoms with Gasteiger partial charge in [0.15, 0.2) is 0 Å². The van der Waals surface area contributed by atoms with Crippen molar-refractivity contribution in [2.45, 2.75) is 12.6 Å². The number of aromatic nitrogens is 2. The number of morpholine rings is 1. The van der Waals surface area contributed by atoms with E-state index in [0.29, 0.717) is 44.3 Å². The van der Waals surface area contributed by atoms with Crippen molar-refractivity contribution in [3.8, 4) is 5.75 Å². The maximum absolute atomic E-state index is 13.2. The fraction of sp³-hybridized carbons (Fsp3) is 0.304. The van der Waals surface area contributed by atoms with Gasteiger partial charge in [-0.2, -0.15) is 5.10 Å². The molecule has 1 fully saturated rings. The molecule has 1 saturated heterocycles. The third-order valence-electron chi connectivity index (χ3n) is 5.12. The van der Waals surface area contributed by atoms with E-state index >= 15 is 0 Å². The minimum atomic E-state index is -0.457. The van der Waals surface area contributed by atoms with E-state index in [1.54, 1.807) is 29.1 Å². The number of rotatable bonds is 7. The predicted molar refractivity (Wildman–Crippen MR) is 114 cm³/mol. The summed E-state index contributed by atoms with van der Waals surface area (Å²) in [5.74, 6) is 0.203. The Balaban J connectivity index is 1.45. The number of hydrogen-bond acceptors (Lipinski definition) is 5. The van der Waals surface area contributed by atoms with Crippen molar-refractivity contribution in [3.63, 3.8) is 0 Å². The second-order valence-corrected chi connectivity index (χ2v) is 7.43. The average Bonchev–Trinajstić information content (AvgIpc) is 3.20. The van der Waals surface area contributed by atoms with Crippen molar-refractivity contribution < 1.29 is 18.7 Å². The molecular formula is C23H25FN4O3. The van der Waals surface area contributed by atoms with Crippen LogP contribution in [0.2, 0.25) is 0 Å². The number of aryl methyl sites for hydroxylation is 1. The molecule has 1 N–H and O–H groups in total. The molecule has 3 aromatic rings. The lowest BCUT2D eigenvalue weighted by molar-refractivity contribution is -0.123. The Kier molecular flexibility index (Phi) is 6.59. The second-order valence-electron chi connectivity index (χ2n) is 7.43. The highest BCUT2D eigenvalue weighted by Crippen LogP contribution is 2.25. The summed E-state index contributed by atoms with van der Waals surface area (Å²) in [5, 5.41) is 7.23. The smallest absolute Gasteiger partial charge is 0.246 e. The minimum absolute atomic E-state index is 0.134. The summed E-state index contributed by atoms with van der Waals surface area (Å²) >= 11 is 0. The van der Waals surface area contributed by atoms with Gasteiger partial charge in [-0.15, -0.1) is 0 Å². The van der Waals surface area contributed by atoms with E-state index in [0.717, 1.165) is 11.1 Å². The molecule has 0 bridgehead atoms. The normalized spacial score (nSPS) is 15.4. The molecule has 2 aromatic carbocycles. The maximum Gasteiger partial charge on any atom is 0.246 e. The van der Waals surface area contributed by atoms with E-state index in [-0.39, 0.29) is 11.7 Å². The lowest BCUT2D eigenvalue weighted by Crippen LogP contribution is -2.43. The number of halogens is 1. The topological polar surface area (TPSA) is 68.6 Å². The molecule has 1 amide bonds. The van der Waals surface area contributed by atoms with E-state index in [2.05, 4.69) is 15.3 Å². The molecule has 1 aromatic heterocycles. The SMILES string of the molecule is Cn1cc(C(C(=O)Nc2cccc(OCc3ccc(F)cc3)c2)N2CCOCC2)cn1. The summed E-state index contributed by atoms with van der Waals surface area (Å²) in [6.07, 6.45) is 3.59. The number of carbonyl (C=O) groups excluding carboxylic acids is 1. The summed E-state index contributed by atoms with van der Waals surface area (Å²) in [4.78, 5) is 15.3. The highest BCUT2D eigenvalue weighted by atomic mass is 19.1. The Morgan fingerprint density at radius 2 is 2.00 bits per heavy atom. The third kappa shape index (κ3) is 5.48. The van der Waals surface area contributed by atoms with Gasteiger partial charge in [0.05, 0.1) is 19.4 Å². The van der Waals surface area contributed by atoms with E-state index in [1.807, 2.05) is 31.4 Å². The summed E-state index contributed by atoms with van der Waals surface area (Å²) < 4.78 is 26.0. The van der Waals surface area contributed by atoms with Crippen molar-refractivity contribution in [1.82, 2.24) is 14.7 Å². The molecule has 1 atom stereocenters. The number of nitrogens with zero attached hydrogens (tertiary/aromatic N) is 3. The first-order chi connectivity index (χ1) is 15.1. The summed E-state index contributed by atoms with van der Waals surface area (Å²) in [7, 11) is 1.83. The van der Waals surface area contributed by atoms with Crippen LogP contribution in [0, 0.1) is 5.82 Å². The van der Waals surface area contributed by atoms with Gasteiger partial charge in [0.1, 0.15) is 24.2 Å². The molecule has 0 aliphatic carbocycles. The Bertz CT molecular complexity index is 1020. The van der Waals surface area contributed by atoms with Crippen molar-refractivity contribution in [2.75, 3.05) is 31.6 Å². The average molecular weight is 424 g/mol. The van der Waals surface area contributed by atoms with Crippen LogP contribution in [0.4, 0.5) is 10.1 Å². The molecule has 8 heteroatoms. The fourth-order valence-corrected chi connectivity index (χ4v) is 3.57. The van der Waals surface area contributed by atoms with Gasteiger partial charge >= 0.3 is 0 Å². The quantitative estimate of drug-likeness (QED) is 0.631. The largest absolute Gasteiger partial charge is 0.489 e. The standard InChI is InChI=1S/C23H25FN4O3/c1-27-15-18(14-25-27)22(28-9-11-30-12-10-28)23(29)26-20-3-2-4-21(13-20)31-16-17-5-7-19(24)8-6-17/h2-8,13-15,22H,9-12,16H2,1H3,(H,26,29).